The lowest BCUT2D eigenvalue weighted by atomic mass is 10.1. The van der Waals surface area contributed by atoms with Crippen molar-refractivity contribution in [3.63, 3.8) is 0 Å². The molecule has 0 bridgehead atoms. The van der Waals surface area contributed by atoms with Gasteiger partial charge in [-0.3, -0.25) is 18.9 Å². The number of rotatable bonds is 3. The van der Waals surface area contributed by atoms with E-state index in [0.29, 0.717) is 6.07 Å². The molecule has 1 aromatic rings. The number of ether oxygens (including phenoxy) is 1. The summed E-state index contributed by atoms with van der Waals surface area (Å²) >= 11 is 0. The van der Waals surface area contributed by atoms with Crippen LogP contribution in [0.25, 0.3) is 0 Å². The summed E-state index contributed by atoms with van der Waals surface area (Å²) in [6, 6.07) is 0.422. The van der Waals surface area contributed by atoms with Crippen molar-refractivity contribution in [2.75, 3.05) is 6.61 Å². The van der Waals surface area contributed by atoms with Crippen LogP contribution in [0.5, 0.6) is 0 Å². The van der Waals surface area contributed by atoms with Crippen molar-refractivity contribution in [3.8, 4) is 0 Å². The summed E-state index contributed by atoms with van der Waals surface area (Å²) in [5.41, 5.74) is -2.36. The van der Waals surface area contributed by atoms with Crippen LogP contribution in [0.1, 0.15) is 6.23 Å². The summed E-state index contributed by atoms with van der Waals surface area (Å²) in [5, 5.41) is 27.2. The highest BCUT2D eigenvalue weighted by Crippen LogP contribution is 2.29. The molecule has 118 valence electrons. The first-order chi connectivity index (χ1) is 9.66. The summed E-state index contributed by atoms with van der Waals surface area (Å²) in [5.74, 6) is 0. The lowest BCUT2D eigenvalue weighted by Gasteiger charge is -2.19. The second-order valence-electron chi connectivity index (χ2n) is 4.35. The highest BCUT2D eigenvalue weighted by molar-refractivity contribution is 7.85. The second kappa shape index (κ2) is 5.32. The maximum absolute atomic E-state index is 11.7. The van der Waals surface area contributed by atoms with Crippen molar-refractivity contribution in [1.82, 2.24) is 9.55 Å². The summed E-state index contributed by atoms with van der Waals surface area (Å²) in [7, 11) is -4.97. The monoisotopic (exact) mass is 324 g/mol. The predicted octanol–water partition coefficient (Wildman–Crippen LogP) is -3.61. The standard InChI is InChI=1S/C9H12N2O9S/c12-2-3-6(14)7(15)8(20-3)11-5(21(17,18)19)1-4(13)10-9(11)16/h1,3,6-8,12,14-15H,2H2,(H,10,13,16)(H,17,18,19)/t3-,6-,7-,8-/m1/s1. The summed E-state index contributed by atoms with van der Waals surface area (Å²) in [4.78, 5) is 24.6. The number of aromatic amines is 1. The van der Waals surface area contributed by atoms with Crippen LogP contribution in [0.15, 0.2) is 20.7 Å². The number of hydrogen-bond acceptors (Lipinski definition) is 8. The van der Waals surface area contributed by atoms with Crippen LogP contribution in [0.4, 0.5) is 0 Å². The summed E-state index contributed by atoms with van der Waals surface area (Å²) < 4.78 is 36.8. The van der Waals surface area contributed by atoms with Gasteiger partial charge in [-0.15, -0.1) is 0 Å². The molecule has 12 heteroatoms. The van der Waals surface area contributed by atoms with E-state index in [1.54, 1.807) is 4.98 Å². The van der Waals surface area contributed by atoms with Gasteiger partial charge in [0.25, 0.3) is 5.56 Å². The minimum Gasteiger partial charge on any atom is -0.394 e. The number of nitrogens with one attached hydrogen (secondary N) is 1. The zero-order valence-electron chi connectivity index (χ0n) is 10.3. The molecule has 4 atom stereocenters. The maximum Gasteiger partial charge on any atom is 0.331 e. The zero-order valence-corrected chi connectivity index (χ0v) is 11.1. The smallest absolute Gasteiger partial charge is 0.331 e. The number of aliphatic hydroxyl groups is 3. The van der Waals surface area contributed by atoms with Crippen molar-refractivity contribution >= 4 is 10.1 Å². The molecule has 1 saturated heterocycles. The van der Waals surface area contributed by atoms with E-state index in [2.05, 4.69) is 0 Å². The van der Waals surface area contributed by atoms with Gasteiger partial charge in [-0.1, -0.05) is 0 Å². The Kier molecular flexibility index (Phi) is 4.01. The fraction of sp³-hybridized carbons (Fsp3) is 0.556. The fourth-order valence-electron chi connectivity index (χ4n) is 2.02. The minimum absolute atomic E-state index is 0.278. The van der Waals surface area contributed by atoms with E-state index < -0.39 is 57.5 Å². The molecule has 1 aliphatic heterocycles. The van der Waals surface area contributed by atoms with Gasteiger partial charge in [0, 0.05) is 6.07 Å². The molecule has 0 radical (unpaired) electrons. The largest absolute Gasteiger partial charge is 0.394 e. The lowest BCUT2D eigenvalue weighted by molar-refractivity contribution is -0.0594. The molecule has 0 aliphatic carbocycles. The molecular formula is C9H12N2O9S. The summed E-state index contributed by atoms with van der Waals surface area (Å²) in [6.45, 7) is -0.700. The number of aromatic nitrogens is 2. The molecule has 11 nitrogen and oxygen atoms in total. The topological polar surface area (TPSA) is 179 Å². The van der Waals surface area contributed by atoms with Crippen LogP contribution >= 0.6 is 0 Å². The molecular weight excluding hydrogens is 312 g/mol. The molecule has 2 rings (SSSR count). The Hall–Kier alpha value is -1.57. The number of aliphatic hydroxyl groups excluding tert-OH is 3. The number of H-pyrrole nitrogens is 1. The average Bonchev–Trinajstić information content (AvgIpc) is 2.64. The molecule has 1 fully saturated rings. The van der Waals surface area contributed by atoms with E-state index in [0.717, 1.165) is 0 Å². The second-order valence-corrected chi connectivity index (χ2v) is 5.72. The Bertz CT molecular complexity index is 751. The van der Waals surface area contributed by atoms with E-state index in [9.17, 15) is 28.2 Å². The average molecular weight is 324 g/mol. The lowest BCUT2D eigenvalue weighted by Crippen LogP contribution is -2.40. The Balaban J connectivity index is 2.65. The molecule has 0 saturated carbocycles. The van der Waals surface area contributed by atoms with Crippen LogP contribution < -0.4 is 11.2 Å². The summed E-state index contributed by atoms with van der Waals surface area (Å²) in [6.07, 6.45) is -6.32. The van der Waals surface area contributed by atoms with E-state index in [1.807, 2.05) is 0 Å². The van der Waals surface area contributed by atoms with Gasteiger partial charge < -0.3 is 20.1 Å². The molecule has 1 aromatic heterocycles. The van der Waals surface area contributed by atoms with Gasteiger partial charge in [0.2, 0.25) is 0 Å². The third-order valence-electron chi connectivity index (χ3n) is 2.98. The molecule has 21 heavy (non-hydrogen) atoms. The van der Waals surface area contributed by atoms with E-state index in [-0.39, 0.29) is 4.57 Å². The first-order valence-electron chi connectivity index (χ1n) is 5.62. The SMILES string of the molecule is O=c1cc(S(=O)(=O)O)n([C@@H]2O[C@H](CO)[C@@H](O)[C@H]2O)c(=O)[nH]1. The van der Waals surface area contributed by atoms with Gasteiger partial charge in [-0.05, 0) is 0 Å². The minimum atomic E-state index is -4.97. The van der Waals surface area contributed by atoms with Crippen molar-refractivity contribution in [1.29, 1.82) is 0 Å². The molecule has 0 unspecified atom stereocenters. The molecule has 0 aromatic carbocycles. The van der Waals surface area contributed by atoms with Crippen molar-refractivity contribution < 1.29 is 33.0 Å². The Morgan fingerprint density at radius 2 is 1.90 bits per heavy atom. The molecule has 2 heterocycles. The van der Waals surface area contributed by atoms with Crippen LogP contribution in [-0.2, 0) is 14.9 Å². The van der Waals surface area contributed by atoms with Gasteiger partial charge >= 0.3 is 15.8 Å². The highest BCUT2D eigenvalue weighted by atomic mass is 32.2. The number of hydrogen-bond donors (Lipinski definition) is 5. The van der Waals surface area contributed by atoms with Gasteiger partial charge in [-0.2, -0.15) is 8.42 Å². The van der Waals surface area contributed by atoms with Crippen molar-refractivity contribution in [3.05, 3.63) is 26.9 Å². The predicted molar refractivity (Wildman–Crippen MR) is 64.1 cm³/mol. The van der Waals surface area contributed by atoms with Gasteiger partial charge in [0.1, 0.15) is 18.3 Å². The van der Waals surface area contributed by atoms with E-state index >= 15 is 0 Å². The normalized spacial score (nSPS) is 29.7. The van der Waals surface area contributed by atoms with Gasteiger partial charge in [0.15, 0.2) is 11.3 Å². The van der Waals surface area contributed by atoms with Gasteiger partial charge in [-0.25, -0.2) is 4.79 Å². The van der Waals surface area contributed by atoms with Crippen LogP contribution in [0.2, 0.25) is 0 Å². The highest BCUT2D eigenvalue weighted by Gasteiger charge is 2.45. The fourth-order valence-corrected chi connectivity index (χ4v) is 2.71. The maximum atomic E-state index is 11.7. The molecule has 1 aliphatic rings. The van der Waals surface area contributed by atoms with Crippen LogP contribution in [0, 0.1) is 0 Å². The molecule has 0 spiro atoms. The Labute approximate surface area is 116 Å². The first kappa shape index (κ1) is 15.8. The molecule has 0 amide bonds. The van der Waals surface area contributed by atoms with Crippen LogP contribution in [-0.4, -0.2) is 62.8 Å². The first-order valence-corrected chi connectivity index (χ1v) is 7.06. The Morgan fingerprint density at radius 1 is 1.29 bits per heavy atom. The van der Waals surface area contributed by atoms with E-state index in [4.69, 9.17) is 14.4 Å². The zero-order chi connectivity index (χ0) is 15.9. The Morgan fingerprint density at radius 3 is 2.38 bits per heavy atom. The quantitative estimate of drug-likeness (QED) is 0.277. The van der Waals surface area contributed by atoms with Gasteiger partial charge in [0.05, 0.1) is 6.61 Å². The van der Waals surface area contributed by atoms with Crippen molar-refractivity contribution in [2.24, 2.45) is 0 Å². The van der Waals surface area contributed by atoms with E-state index in [1.165, 1.54) is 0 Å². The molecule has 5 N–H and O–H groups in total. The van der Waals surface area contributed by atoms with Crippen LogP contribution in [0.3, 0.4) is 0 Å². The van der Waals surface area contributed by atoms with Crippen molar-refractivity contribution in [2.45, 2.75) is 29.6 Å². The third kappa shape index (κ3) is 2.76. The third-order valence-corrected chi connectivity index (χ3v) is 3.82. The number of nitrogens with zero attached hydrogens (tertiary/aromatic N) is 1.